The van der Waals surface area contributed by atoms with Crippen LogP contribution in [0.15, 0.2) is 22.7 Å². The molecule has 1 saturated heterocycles. The van der Waals surface area contributed by atoms with Gasteiger partial charge in [0.2, 0.25) is 0 Å². The van der Waals surface area contributed by atoms with Gasteiger partial charge < -0.3 is 5.73 Å². The first kappa shape index (κ1) is 14.7. The quantitative estimate of drug-likeness (QED) is 0.922. The van der Waals surface area contributed by atoms with Gasteiger partial charge in [-0.25, -0.2) is 4.68 Å². The van der Waals surface area contributed by atoms with Crippen molar-refractivity contribution in [1.82, 2.24) is 19.9 Å². The van der Waals surface area contributed by atoms with E-state index in [0.717, 1.165) is 47.6 Å². The fourth-order valence-electron chi connectivity index (χ4n) is 2.73. The summed E-state index contributed by atoms with van der Waals surface area (Å²) in [5.41, 5.74) is 10.3. The Labute approximate surface area is 133 Å². The van der Waals surface area contributed by atoms with E-state index < -0.39 is 0 Å². The molecule has 1 aliphatic heterocycles. The fourth-order valence-corrected chi connectivity index (χ4v) is 2.98. The van der Waals surface area contributed by atoms with Crippen molar-refractivity contribution < 1.29 is 0 Å². The van der Waals surface area contributed by atoms with Gasteiger partial charge in [0.05, 0.1) is 11.4 Å². The van der Waals surface area contributed by atoms with Gasteiger partial charge in [-0.2, -0.15) is 0 Å². The van der Waals surface area contributed by atoms with Gasteiger partial charge in [-0.15, -0.1) is 5.10 Å². The second-order valence-electron chi connectivity index (χ2n) is 5.75. The second-order valence-corrected chi connectivity index (χ2v) is 6.61. The maximum Gasteiger partial charge on any atom is 0.100 e. The molecule has 5 nitrogen and oxygen atoms in total. The highest BCUT2D eigenvalue weighted by molar-refractivity contribution is 9.10. The van der Waals surface area contributed by atoms with Crippen molar-refractivity contribution >= 4 is 15.9 Å². The third-order valence-corrected chi connectivity index (χ3v) is 4.95. The molecular formula is C15H20BrN5. The van der Waals surface area contributed by atoms with E-state index in [4.69, 9.17) is 5.73 Å². The molecule has 0 saturated carbocycles. The Morgan fingerprint density at radius 3 is 2.86 bits per heavy atom. The van der Waals surface area contributed by atoms with Crippen LogP contribution in [0, 0.1) is 13.8 Å². The highest BCUT2D eigenvalue weighted by atomic mass is 79.9. The summed E-state index contributed by atoms with van der Waals surface area (Å²) in [6.07, 6.45) is 1.07. The Bertz CT molecular complexity index is 652. The molecule has 2 aromatic rings. The Morgan fingerprint density at radius 1 is 1.38 bits per heavy atom. The molecule has 6 heteroatoms. The Kier molecular flexibility index (Phi) is 4.10. The zero-order valence-corrected chi connectivity index (χ0v) is 14.0. The van der Waals surface area contributed by atoms with Crippen LogP contribution in [0.3, 0.4) is 0 Å². The Balaban J connectivity index is 1.83. The van der Waals surface area contributed by atoms with Crippen LogP contribution in [-0.4, -0.2) is 39.0 Å². The molecule has 21 heavy (non-hydrogen) atoms. The monoisotopic (exact) mass is 349 g/mol. The van der Waals surface area contributed by atoms with Crippen LogP contribution in [0.1, 0.15) is 23.4 Å². The molecule has 0 spiro atoms. The molecule has 0 radical (unpaired) electrons. The van der Waals surface area contributed by atoms with Crippen LogP contribution in [0.25, 0.3) is 5.69 Å². The van der Waals surface area contributed by atoms with Crippen molar-refractivity contribution in [2.45, 2.75) is 32.9 Å². The first-order valence-electron chi connectivity index (χ1n) is 7.20. The Hall–Kier alpha value is -1.24. The van der Waals surface area contributed by atoms with Crippen LogP contribution < -0.4 is 5.73 Å². The summed E-state index contributed by atoms with van der Waals surface area (Å²) >= 11 is 3.53. The number of benzene rings is 1. The van der Waals surface area contributed by atoms with E-state index in [1.165, 1.54) is 5.56 Å². The lowest BCUT2D eigenvalue weighted by molar-refractivity contribution is 0.322. The van der Waals surface area contributed by atoms with Crippen LogP contribution in [0.4, 0.5) is 0 Å². The van der Waals surface area contributed by atoms with E-state index in [1.54, 1.807) is 0 Å². The molecule has 1 unspecified atom stereocenters. The summed E-state index contributed by atoms with van der Waals surface area (Å²) in [4.78, 5) is 2.35. The number of hydrogen-bond acceptors (Lipinski definition) is 4. The molecule has 1 atom stereocenters. The van der Waals surface area contributed by atoms with Crippen LogP contribution >= 0.6 is 15.9 Å². The van der Waals surface area contributed by atoms with Gasteiger partial charge >= 0.3 is 0 Å². The first-order chi connectivity index (χ1) is 10.0. The summed E-state index contributed by atoms with van der Waals surface area (Å²) in [6, 6.07) is 6.51. The lowest BCUT2D eigenvalue weighted by atomic mass is 10.2. The topological polar surface area (TPSA) is 60.0 Å². The van der Waals surface area contributed by atoms with Crippen molar-refractivity contribution in [3.63, 3.8) is 0 Å². The molecule has 0 amide bonds. The van der Waals surface area contributed by atoms with Crippen molar-refractivity contribution in [3.8, 4) is 5.69 Å². The molecule has 1 aromatic heterocycles. The van der Waals surface area contributed by atoms with E-state index in [1.807, 2.05) is 16.8 Å². The maximum absolute atomic E-state index is 5.96. The number of rotatable bonds is 3. The number of nitrogens with two attached hydrogens (primary N) is 1. The van der Waals surface area contributed by atoms with E-state index in [0.29, 0.717) is 6.04 Å². The average molecular weight is 350 g/mol. The van der Waals surface area contributed by atoms with Crippen molar-refractivity contribution in [2.75, 3.05) is 13.1 Å². The predicted octanol–water partition coefficient (Wildman–Crippen LogP) is 2.18. The van der Waals surface area contributed by atoms with Gasteiger partial charge in [0.1, 0.15) is 5.69 Å². The number of hydrogen-bond donors (Lipinski definition) is 1. The highest BCUT2D eigenvalue weighted by Gasteiger charge is 2.21. The maximum atomic E-state index is 5.96. The van der Waals surface area contributed by atoms with Crippen molar-refractivity contribution in [3.05, 3.63) is 39.6 Å². The SMILES string of the molecule is Cc1cc(-n2nnc(CN3CCC(N)C3)c2C)ccc1Br. The molecule has 3 rings (SSSR count). The molecule has 0 bridgehead atoms. The summed E-state index contributed by atoms with van der Waals surface area (Å²) in [7, 11) is 0. The van der Waals surface area contributed by atoms with Gasteiger partial charge in [0.25, 0.3) is 0 Å². The third-order valence-electron chi connectivity index (χ3n) is 4.06. The number of aromatic nitrogens is 3. The zero-order chi connectivity index (χ0) is 15.0. The normalized spacial score (nSPS) is 19.3. The molecule has 0 aliphatic carbocycles. The fraction of sp³-hybridized carbons (Fsp3) is 0.467. The summed E-state index contributed by atoms with van der Waals surface area (Å²) in [5, 5.41) is 8.66. The zero-order valence-electron chi connectivity index (χ0n) is 12.4. The van der Waals surface area contributed by atoms with Gasteiger partial charge in [-0.05, 0) is 44.0 Å². The molecule has 112 valence electrons. The molecule has 1 fully saturated rings. The molecule has 2 N–H and O–H groups in total. The third kappa shape index (κ3) is 3.02. The second kappa shape index (κ2) is 5.87. The Morgan fingerprint density at radius 2 is 2.19 bits per heavy atom. The number of halogens is 1. The van der Waals surface area contributed by atoms with Gasteiger partial charge in [0.15, 0.2) is 0 Å². The van der Waals surface area contributed by atoms with Crippen LogP contribution in [0.5, 0.6) is 0 Å². The highest BCUT2D eigenvalue weighted by Crippen LogP contribution is 2.21. The van der Waals surface area contributed by atoms with Gasteiger partial charge in [-0.3, -0.25) is 4.90 Å². The lowest BCUT2D eigenvalue weighted by Crippen LogP contribution is -2.26. The minimum absolute atomic E-state index is 0.300. The summed E-state index contributed by atoms with van der Waals surface area (Å²) in [6.45, 7) is 6.97. The van der Waals surface area contributed by atoms with E-state index in [9.17, 15) is 0 Å². The number of nitrogens with zero attached hydrogens (tertiary/aromatic N) is 4. The van der Waals surface area contributed by atoms with Gasteiger partial charge in [0, 0.05) is 30.1 Å². The van der Waals surface area contributed by atoms with Gasteiger partial charge in [-0.1, -0.05) is 21.1 Å². The minimum Gasteiger partial charge on any atom is -0.326 e. The van der Waals surface area contributed by atoms with Crippen molar-refractivity contribution in [1.29, 1.82) is 0 Å². The lowest BCUT2D eigenvalue weighted by Gasteiger charge is -2.13. The van der Waals surface area contributed by atoms with Crippen molar-refractivity contribution in [2.24, 2.45) is 5.73 Å². The largest absolute Gasteiger partial charge is 0.326 e. The smallest absolute Gasteiger partial charge is 0.100 e. The summed E-state index contributed by atoms with van der Waals surface area (Å²) < 4.78 is 3.01. The summed E-state index contributed by atoms with van der Waals surface area (Å²) in [5.74, 6) is 0. The van der Waals surface area contributed by atoms with E-state index in [-0.39, 0.29) is 0 Å². The molecule has 1 aliphatic rings. The minimum atomic E-state index is 0.300. The van der Waals surface area contributed by atoms with E-state index >= 15 is 0 Å². The van der Waals surface area contributed by atoms with E-state index in [2.05, 4.69) is 51.1 Å². The van der Waals surface area contributed by atoms with Crippen LogP contribution in [0.2, 0.25) is 0 Å². The number of aryl methyl sites for hydroxylation is 1. The molecule has 1 aromatic carbocycles. The number of likely N-dealkylation sites (tertiary alicyclic amines) is 1. The molecule has 2 heterocycles. The van der Waals surface area contributed by atoms with Crippen LogP contribution in [-0.2, 0) is 6.54 Å². The predicted molar refractivity (Wildman–Crippen MR) is 86.4 cm³/mol. The molecular weight excluding hydrogens is 330 g/mol. The average Bonchev–Trinajstić information content (AvgIpc) is 3.01. The first-order valence-corrected chi connectivity index (χ1v) is 7.99. The standard InChI is InChI=1S/C15H20BrN5/c1-10-7-13(3-4-14(10)16)21-11(2)15(18-19-21)9-20-6-5-12(17)8-20/h3-4,7,12H,5-6,8-9,17H2,1-2H3.